The fraction of sp³-hybridized carbons (Fsp3) is 0.429. The van der Waals surface area contributed by atoms with Crippen molar-refractivity contribution in [3.8, 4) is 0 Å². The average molecular weight is 228 g/mol. The molecule has 1 fully saturated rings. The Morgan fingerprint density at radius 2 is 1.94 bits per heavy atom. The van der Waals surface area contributed by atoms with Gasteiger partial charge in [0.15, 0.2) is 5.82 Å². The van der Waals surface area contributed by atoms with E-state index in [2.05, 4.69) is 48.3 Å². The number of hydrogen-bond acceptors (Lipinski definition) is 3. The zero-order valence-corrected chi connectivity index (χ0v) is 10.1. The molecule has 3 rings (SSSR count). The van der Waals surface area contributed by atoms with Crippen LogP contribution in [0, 0.1) is 0 Å². The van der Waals surface area contributed by atoms with E-state index in [4.69, 9.17) is 4.52 Å². The molecule has 0 aliphatic heterocycles. The van der Waals surface area contributed by atoms with Gasteiger partial charge in [-0.25, -0.2) is 0 Å². The normalized spacial score (nSPS) is 23.0. The number of hydrogen-bond donors (Lipinski definition) is 0. The molecule has 0 radical (unpaired) electrons. The van der Waals surface area contributed by atoms with Crippen LogP contribution < -0.4 is 0 Å². The van der Waals surface area contributed by atoms with Gasteiger partial charge in [0.05, 0.1) is 0 Å². The summed E-state index contributed by atoms with van der Waals surface area (Å²) >= 11 is 0. The maximum absolute atomic E-state index is 5.34. The first-order chi connectivity index (χ1) is 8.25. The molecule has 0 bridgehead atoms. The number of nitrogens with zero attached hydrogens (tertiary/aromatic N) is 2. The molecular weight excluding hydrogens is 212 g/mol. The Morgan fingerprint density at radius 3 is 2.59 bits per heavy atom. The monoisotopic (exact) mass is 228 g/mol. The molecule has 88 valence electrons. The highest BCUT2D eigenvalue weighted by atomic mass is 16.5. The summed E-state index contributed by atoms with van der Waals surface area (Å²) in [5, 5.41) is 4.02. The molecule has 0 saturated heterocycles. The summed E-state index contributed by atoms with van der Waals surface area (Å²) < 4.78 is 5.34. The zero-order valence-electron chi connectivity index (χ0n) is 10.1. The highest BCUT2D eigenvalue weighted by molar-refractivity contribution is 5.30. The van der Waals surface area contributed by atoms with Gasteiger partial charge in [-0.1, -0.05) is 49.3 Å². The molecule has 0 amide bonds. The van der Waals surface area contributed by atoms with E-state index < -0.39 is 0 Å². The lowest BCUT2D eigenvalue weighted by atomic mass is 10.1. The lowest BCUT2D eigenvalue weighted by Gasteiger charge is -1.96. The Kier molecular flexibility index (Phi) is 2.46. The highest BCUT2D eigenvalue weighted by Crippen LogP contribution is 2.54. The molecule has 2 atom stereocenters. The summed E-state index contributed by atoms with van der Waals surface area (Å²) in [6.45, 7) is 4.16. The molecule has 3 nitrogen and oxygen atoms in total. The summed E-state index contributed by atoms with van der Waals surface area (Å²) in [6.07, 6.45) is 1.13. The quantitative estimate of drug-likeness (QED) is 0.807. The Bertz CT molecular complexity index is 504. The molecule has 0 spiro atoms. The predicted octanol–water partition coefficient (Wildman–Crippen LogP) is 3.46. The summed E-state index contributed by atoms with van der Waals surface area (Å²) in [5.41, 5.74) is 1.38. The van der Waals surface area contributed by atoms with Gasteiger partial charge < -0.3 is 4.52 Å². The van der Waals surface area contributed by atoms with E-state index in [9.17, 15) is 0 Å². The van der Waals surface area contributed by atoms with Crippen molar-refractivity contribution in [2.24, 2.45) is 0 Å². The van der Waals surface area contributed by atoms with Gasteiger partial charge in [0, 0.05) is 11.8 Å². The molecular formula is C14H16N2O. The molecule has 1 aromatic carbocycles. The van der Waals surface area contributed by atoms with E-state index in [0.717, 1.165) is 18.1 Å². The SMILES string of the molecule is CC(C)c1noc(C2CC2c2ccccc2)n1. The van der Waals surface area contributed by atoms with Gasteiger partial charge >= 0.3 is 0 Å². The van der Waals surface area contributed by atoms with Crippen molar-refractivity contribution in [2.45, 2.75) is 38.0 Å². The first-order valence-electron chi connectivity index (χ1n) is 6.14. The fourth-order valence-corrected chi connectivity index (χ4v) is 2.17. The minimum absolute atomic E-state index is 0.335. The second-order valence-electron chi connectivity index (χ2n) is 5.00. The summed E-state index contributed by atoms with van der Waals surface area (Å²) in [7, 11) is 0. The van der Waals surface area contributed by atoms with Gasteiger partial charge in [-0.15, -0.1) is 0 Å². The van der Waals surface area contributed by atoms with Crippen molar-refractivity contribution in [3.63, 3.8) is 0 Å². The first-order valence-corrected chi connectivity index (χ1v) is 6.14. The minimum Gasteiger partial charge on any atom is -0.339 e. The third kappa shape index (κ3) is 1.97. The number of benzene rings is 1. The third-order valence-corrected chi connectivity index (χ3v) is 3.31. The van der Waals surface area contributed by atoms with Gasteiger partial charge in [-0.2, -0.15) is 4.98 Å². The fourth-order valence-electron chi connectivity index (χ4n) is 2.17. The summed E-state index contributed by atoms with van der Waals surface area (Å²) in [6, 6.07) is 10.6. The largest absolute Gasteiger partial charge is 0.339 e. The Balaban J connectivity index is 1.76. The van der Waals surface area contributed by atoms with Crippen LogP contribution in [-0.2, 0) is 0 Å². The molecule has 1 aromatic heterocycles. The molecule has 1 aliphatic rings. The average Bonchev–Trinajstić information content (AvgIpc) is 2.99. The molecule has 3 heteroatoms. The molecule has 0 N–H and O–H groups in total. The standard InChI is InChI=1S/C14H16N2O/c1-9(2)13-15-14(17-16-13)12-8-11(12)10-6-4-3-5-7-10/h3-7,9,11-12H,8H2,1-2H3. The smallest absolute Gasteiger partial charge is 0.230 e. The lowest BCUT2D eigenvalue weighted by molar-refractivity contribution is 0.371. The molecule has 1 saturated carbocycles. The zero-order chi connectivity index (χ0) is 11.8. The van der Waals surface area contributed by atoms with Gasteiger partial charge in [-0.3, -0.25) is 0 Å². The van der Waals surface area contributed by atoms with Crippen LogP contribution in [0.25, 0.3) is 0 Å². The Labute approximate surface area is 101 Å². The van der Waals surface area contributed by atoms with E-state index in [1.165, 1.54) is 5.56 Å². The van der Waals surface area contributed by atoms with E-state index in [0.29, 0.717) is 17.8 Å². The number of rotatable bonds is 3. The molecule has 2 unspecified atom stereocenters. The van der Waals surface area contributed by atoms with Gasteiger partial charge in [0.25, 0.3) is 0 Å². The van der Waals surface area contributed by atoms with Crippen molar-refractivity contribution in [3.05, 3.63) is 47.6 Å². The van der Waals surface area contributed by atoms with Crippen LogP contribution in [0.5, 0.6) is 0 Å². The molecule has 1 aliphatic carbocycles. The minimum atomic E-state index is 0.335. The van der Waals surface area contributed by atoms with Crippen molar-refractivity contribution in [1.82, 2.24) is 10.1 Å². The van der Waals surface area contributed by atoms with E-state index in [1.54, 1.807) is 0 Å². The van der Waals surface area contributed by atoms with E-state index in [1.807, 2.05) is 6.07 Å². The van der Waals surface area contributed by atoms with Crippen LogP contribution in [0.4, 0.5) is 0 Å². The van der Waals surface area contributed by atoms with E-state index in [-0.39, 0.29) is 0 Å². The second-order valence-corrected chi connectivity index (χ2v) is 5.00. The highest BCUT2D eigenvalue weighted by Gasteiger charge is 2.43. The van der Waals surface area contributed by atoms with Crippen LogP contribution in [0.2, 0.25) is 0 Å². The van der Waals surface area contributed by atoms with Gasteiger partial charge in [-0.05, 0) is 17.9 Å². The lowest BCUT2D eigenvalue weighted by Crippen LogP contribution is -1.90. The van der Waals surface area contributed by atoms with Crippen LogP contribution in [0.15, 0.2) is 34.9 Å². The van der Waals surface area contributed by atoms with Crippen LogP contribution in [0.3, 0.4) is 0 Å². The van der Waals surface area contributed by atoms with Crippen molar-refractivity contribution in [1.29, 1.82) is 0 Å². The maximum atomic E-state index is 5.34. The summed E-state index contributed by atoms with van der Waals surface area (Å²) in [4.78, 5) is 4.47. The topological polar surface area (TPSA) is 38.9 Å². The molecule has 17 heavy (non-hydrogen) atoms. The molecule has 2 aromatic rings. The third-order valence-electron chi connectivity index (χ3n) is 3.31. The van der Waals surface area contributed by atoms with E-state index >= 15 is 0 Å². The van der Waals surface area contributed by atoms with Gasteiger partial charge in [0.1, 0.15) is 0 Å². The van der Waals surface area contributed by atoms with Gasteiger partial charge in [0.2, 0.25) is 5.89 Å². The van der Waals surface area contributed by atoms with Crippen molar-refractivity contribution in [2.75, 3.05) is 0 Å². The predicted molar refractivity (Wildman–Crippen MR) is 64.9 cm³/mol. The second kappa shape index (κ2) is 3.99. The van der Waals surface area contributed by atoms with Crippen LogP contribution in [0.1, 0.15) is 55.3 Å². The van der Waals surface area contributed by atoms with Crippen molar-refractivity contribution < 1.29 is 4.52 Å². The first kappa shape index (κ1) is 10.5. The molecule has 1 heterocycles. The number of aromatic nitrogens is 2. The Hall–Kier alpha value is -1.64. The van der Waals surface area contributed by atoms with Crippen LogP contribution >= 0.6 is 0 Å². The van der Waals surface area contributed by atoms with Crippen LogP contribution in [-0.4, -0.2) is 10.1 Å². The summed E-state index contributed by atoms with van der Waals surface area (Å²) in [5.74, 6) is 2.96. The Morgan fingerprint density at radius 1 is 1.18 bits per heavy atom. The maximum Gasteiger partial charge on any atom is 0.230 e. The van der Waals surface area contributed by atoms with Crippen molar-refractivity contribution >= 4 is 0 Å².